The Morgan fingerprint density at radius 1 is 0.579 bits per heavy atom. The van der Waals surface area contributed by atoms with Crippen molar-refractivity contribution in [3.8, 4) is 0 Å². The van der Waals surface area contributed by atoms with Gasteiger partial charge < -0.3 is 34.6 Å². The Bertz CT molecular complexity index is 332. The quantitative estimate of drug-likeness (QED) is 0.425. The summed E-state index contributed by atoms with van der Waals surface area (Å²) in [5.41, 5.74) is 2.54. The maximum atomic E-state index is 2.08. The predicted molar refractivity (Wildman–Crippen MR) is 72.7 cm³/mol. The second kappa shape index (κ2) is 12.6. The first-order chi connectivity index (χ1) is 7.61. The number of hydrogen-bond acceptors (Lipinski definition) is 2. The van der Waals surface area contributed by atoms with Crippen LogP contribution < -0.4 is 34.6 Å². The van der Waals surface area contributed by atoms with Gasteiger partial charge in [-0.2, -0.15) is 24.3 Å². The van der Waals surface area contributed by atoms with E-state index in [1.807, 2.05) is 52.5 Å². The number of nitrogens with zero attached hydrogens (tertiary/aromatic N) is 2. The van der Waals surface area contributed by atoms with E-state index in [2.05, 4.69) is 34.1 Å². The minimum Gasteiger partial charge on any atom is -1.00 e. The Hall–Kier alpha value is -0.406. The fourth-order valence-corrected chi connectivity index (χ4v) is 1.32. The van der Waals surface area contributed by atoms with Crippen LogP contribution in [0.15, 0.2) is 48.5 Å². The Morgan fingerprint density at radius 2 is 0.789 bits per heavy atom. The van der Waals surface area contributed by atoms with Gasteiger partial charge in [-0.15, -0.1) is 0 Å². The van der Waals surface area contributed by atoms with Gasteiger partial charge in [0.25, 0.3) is 0 Å². The molecule has 0 amide bonds. The standard InChI is InChI=1S/2C7H10N.2ClH.Ti/c2*1-8(2)7-5-3-4-6-7;;;/h2*3-6H,1-2H3;2*1H;/q2*-1;;;+4/p-2. The van der Waals surface area contributed by atoms with E-state index in [-0.39, 0.29) is 46.5 Å². The van der Waals surface area contributed by atoms with E-state index in [0.717, 1.165) is 0 Å². The van der Waals surface area contributed by atoms with Gasteiger partial charge in [-0.05, 0) is 28.2 Å². The van der Waals surface area contributed by atoms with E-state index >= 15 is 0 Å². The van der Waals surface area contributed by atoms with Crippen molar-refractivity contribution in [2.75, 3.05) is 38.0 Å². The Balaban J connectivity index is -0.000000233. The van der Waals surface area contributed by atoms with Gasteiger partial charge in [0.05, 0.1) is 0 Å². The second-order valence-electron chi connectivity index (χ2n) is 4.08. The van der Waals surface area contributed by atoms with E-state index in [9.17, 15) is 0 Å². The molecule has 0 heterocycles. The van der Waals surface area contributed by atoms with Gasteiger partial charge in [0.2, 0.25) is 0 Å². The molecule has 0 unspecified atom stereocenters. The zero-order valence-corrected chi connectivity index (χ0v) is 14.8. The summed E-state index contributed by atoms with van der Waals surface area (Å²) in [6, 6.07) is 16.5. The fourth-order valence-electron chi connectivity index (χ4n) is 1.32. The minimum absolute atomic E-state index is 0. The SMILES string of the molecule is CN(C)[c-]1cccc1.CN(C)[c-]1cccc1.[Cl-].[Cl-].[Ti+4]. The van der Waals surface area contributed by atoms with Crippen LogP contribution in [0, 0.1) is 0 Å². The molecule has 0 N–H and O–H groups in total. The third-order valence-electron chi connectivity index (χ3n) is 2.32. The van der Waals surface area contributed by atoms with Crippen LogP contribution in [0.5, 0.6) is 0 Å². The Kier molecular flexibility index (Phi) is 15.7. The van der Waals surface area contributed by atoms with Crippen molar-refractivity contribution >= 4 is 11.4 Å². The summed E-state index contributed by atoms with van der Waals surface area (Å²) in [7, 11) is 8.15. The molecule has 0 aromatic heterocycles. The van der Waals surface area contributed by atoms with Crippen LogP contribution >= 0.6 is 0 Å². The molecule has 0 aliphatic heterocycles. The molecule has 0 fully saturated rings. The average Bonchev–Trinajstić information content (AvgIpc) is 2.93. The molecule has 5 heteroatoms. The maximum absolute atomic E-state index is 2.08. The number of anilines is 2. The molecule has 0 saturated carbocycles. The van der Waals surface area contributed by atoms with Crippen molar-refractivity contribution in [2.45, 2.75) is 0 Å². The molecule has 2 nitrogen and oxygen atoms in total. The fraction of sp³-hybridized carbons (Fsp3) is 0.286. The molecule has 0 atom stereocenters. The van der Waals surface area contributed by atoms with Gasteiger partial charge in [0.15, 0.2) is 0 Å². The van der Waals surface area contributed by atoms with E-state index in [4.69, 9.17) is 0 Å². The number of halogens is 2. The molecule has 0 spiro atoms. The molecule has 0 aliphatic rings. The normalized spacial score (nSPS) is 7.79. The van der Waals surface area contributed by atoms with E-state index < -0.39 is 0 Å². The molecule has 2 rings (SSSR count). The van der Waals surface area contributed by atoms with Crippen molar-refractivity contribution < 1.29 is 46.5 Å². The molecular formula is C14H20Cl2N2Ti. The number of hydrogen-bond donors (Lipinski definition) is 0. The molecule has 0 saturated heterocycles. The summed E-state index contributed by atoms with van der Waals surface area (Å²) >= 11 is 0. The molecule has 2 aromatic carbocycles. The summed E-state index contributed by atoms with van der Waals surface area (Å²) in [6.45, 7) is 0. The van der Waals surface area contributed by atoms with Crippen LogP contribution in [0.3, 0.4) is 0 Å². The van der Waals surface area contributed by atoms with Crippen molar-refractivity contribution in [3.63, 3.8) is 0 Å². The average molecular weight is 335 g/mol. The van der Waals surface area contributed by atoms with Gasteiger partial charge in [0.1, 0.15) is 0 Å². The van der Waals surface area contributed by atoms with E-state index in [1.165, 1.54) is 11.4 Å². The van der Waals surface area contributed by atoms with Gasteiger partial charge in [-0.1, -0.05) is 11.4 Å². The van der Waals surface area contributed by atoms with Crippen molar-refractivity contribution in [2.24, 2.45) is 0 Å². The van der Waals surface area contributed by atoms with Gasteiger partial charge in [-0.25, -0.2) is 24.3 Å². The summed E-state index contributed by atoms with van der Waals surface area (Å²) in [5, 5.41) is 0. The van der Waals surface area contributed by atoms with Crippen LogP contribution in [-0.4, -0.2) is 28.2 Å². The summed E-state index contributed by atoms with van der Waals surface area (Å²) in [4.78, 5) is 4.17. The molecular weight excluding hydrogens is 315 g/mol. The van der Waals surface area contributed by atoms with Crippen LogP contribution in [0.4, 0.5) is 11.4 Å². The molecule has 0 aliphatic carbocycles. The summed E-state index contributed by atoms with van der Waals surface area (Å²) in [6.07, 6.45) is 0. The van der Waals surface area contributed by atoms with Crippen LogP contribution in [0.25, 0.3) is 0 Å². The monoisotopic (exact) mass is 334 g/mol. The van der Waals surface area contributed by atoms with Crippen LogP contribution in [-0.2, 0) is 21.7 Å². The number of rotatable bonds is 2. The molecule has 104 valence electrons. The molecule has 0 radical (unpaired) electrons. The van der Waals surface area contributed by atoms with Crippen molar-refractivity contribution in [1.29, 1.82) is 0 Å². The summed E-state index contributed by atoms with van der Waals surface area (Å²) in [5.74, 6) is 0. The second-order valence-corrected chi connectivity index (χ2v) is 4.08. The van der Waals surface area contributed by atoms with Crippen LogP contribution in [0.1, 0.15) is 0 Å². The van der Waals surface area contributed by atoms with Crippen LogP contribution in [0.2, 0.25) is 0 Å². The van der Waals surface area contributed by atoms with Gasteiger partial charge >= 0.3 is 21.7 Å². The third kappa shape index (κ3) is 9.18. The first-order valence-electron chi connectivity index (χ1n) is 5.39. The van der Waals surface area contributed by atoms with E-state index in [0.29, 0.717) is 0 Å². The topological polar surface area (TPSA) is 6.48 Å². The zero-order valence-electron chi connectivity index (χ0n) is 11.8. The third-order valence-corrected chi connectivity index (χ3v) is 2.32. The Morgan fingerprint density at radius 3 is 0.895 bits per heavy atom. The first-order valence-corrected chi connectivity index (χ1v) is 5.39. The molecule has 0 bridgehead atoms. The first kappa shape index (κ1) is 23.7. The minimum atomic E-state index is 0. The Labute approximate surface area is 144 Å². The maximum Gasteiger partial charge on any atom is 4.00 e. The zero-order chi connectivity index (χ0) is 12.0. The van der Waals surface area contributed by atoms with E-state index in [1.54, 1.807) is 0 Å². The predicted octanol–water partition coefficient (Wildman–Crippen LogP) is -3.05. The van der Waals surface area contributed by atoms with Crippen molar-refractivity contribution in [3.05, 3.63) is 48.5 Å². The van der Waals surface area contributed by atoms with Gasteiger partial charge in [-0.3, -0.25) is 0 Å². The smallest absolute Gasteiger partial charge is 1.00 e. The summed E-state index contributed by atoms with van der Waals surface area (Å²) < 4.78 is 0. The van der Waals surface area contributed by atoms with Crippen molar-refractivity contribution in [1.82, 2.24) is 0 Å². The largest absolute Gasteiger partial charge is 4.00 e. The van der Waals surface area contributed by atoms with Gasteiger partial charge in [0, 0.05) is 0 Å². The molecule has 19 heavy (non-hydrogen) atoms. The molecule has 2 aromatic rings.